The van der Waals surface area contributed by atoms with Gasteiger partial charge in [-0.25, -0.2) is 8.42 Å². The molecule has 0 aromatic heterocycles. The zero-order valence-corrected chi connectivity index (χ0v) is 13.9. The van der Waals surface area contributed by atoms with Crippen LogP contribution in [0.15, 0.2) is 30.3 Å². The Morgan fingerprint density at radius 3 is 2.50 bits per heavy atom. The first kappa shape index (κ1) is 18.7. The van der Waals surface area contributed by atoms with E-state index in [-0.39, 0.29) is 11.5 Å². The predicted octanol–water partition coefficient (Wildman–Crippen LogP) is 0.404. The van der Waals surface area contributed by atoms with Crippen LogP contribution in [0, 0.1) is 0 Å². The van der Waals surface area contributed by atoms with Crippen LogP contribution in [0.1, 0.15) is 5.56 Å². The summed E-state index contributed by atoms with van der Waals surface area (Å²) in [5.41, 5.74) is 6.38. The van der Waals surface area contributed by atoms with Gasteiger partial charge in [-0.1, -0.05) is 42.1 Å². The van der Waals surface area contributed by atoms with E-state index in [1.54, 1.807) is 0 Å². The van der Waals surface area contributed by atoms with Crippen LogP contribution in [0.2, 0.25) is 0 Å². The number of hydrogen-bond acceptors (Lipinski definition) is 7. The van der Waals surface area contributed by atoms with E-state index in [0.717, 1.165) is 17.3 Å². The van der Waals surface area contributed by atoms with Gasteiger partial charge in [0.05, 0.1) is 12.9 Å². The second kappa shape index (κ2) is 8.92. The molecule has 0 amide bonds. The van der Waals surface area contributed by atoms with E-state index >= 15 is 0 Å². The van der Waals surface area contributed by atoms with E-state index in [0.29, 0.717) is 6.42 Å². The lowest BCUT2D eigenvalue weighted by Crippen LogP contribution is -2.34. The quantitative estimate of drug-likeness (QED) is 0.680. The van der Waals surface area contributed by atoms with Crippen LogP contribution in [0.25, 0.3) is 0 Å². The summed E-state index contributed by atoms with van der Waals surface area (Å²) in [5.74, 6) is -1.28. The molecule has 0 aliphatic rings. The van der Waals surface area contributed by atoms with Crippen LogP contribution in [-0.2, 0) is 30.6 Å². The number of methoxy groups -OCH3 is 1. The molecule has 0 heterocycles. The molecule has 0 unspecified atom stereocenters. The summed E-state index contributed by atoms with van der Waals surface area (Å²) in [6.07, 6.45) is 0.364. The topological polar surface area (TPSA) is 104 Å². The Morgan fingerprint density at radius 1 is 1.27 bits per heavy atom. The first-order valence-corrected chi connectivity index (χ1v) is 9.38. The zero-order valence-electron chi connectivity index (χ0n) is 12.2. The molecule has 0 aliphatic carbocycles. The van der Waals surface area contributed by atoms with Crippen LogP contribution < -0.4 is 5.73 Å². The first-order valence-electron chi connectivity index (χ1n) is 6.57. The highest BCUT2D eigenvalue weighted by Crippen LogP contribution is 2.09. The van der Waals surface area contributed by atoms with Crippen molar-refractivity contribution >= 4 is 32.7 Å². The maximum absolute atomic E-state index is 11.9. The SMILES string of the molecule is COC(=O)[C@@H](N)CSC(=O)CS(=O)(=O)CCc1ccccc1. The number of ether oxygens (including phenoxy) is 1. The van der Waals surface area contributed by atoms with Gasteiger partial charge in [-0.05, 0) is 12.0 Å². The van der Waals surface area contributed by atoms with E-state index < -0.39 is 32.7 Å². The van der Waals surface area contributed by atoms with Gasteiger partial charge in [-0.15, -0.1) is 0 Å². The zero-order chi connectivity index (χ0) is 16.6. The van der Waals surface area contributed by atoms with E-state index in [1.165, 1.54) is 7.11 Å². The summed E-state index contributed by atoms with van der Waals surface area (Å²) in [6, 6.07) is 8.24. The van der Waals surface area contributed by atoms with Gasteiger partial charge in [-0.3, -0.25) is 9.59 Å². The number of aryl methyl sites for hydroxylation is 1. The minimum Gasteiger partial charge on any atom is -0.468 e. The highest BCUT2D eigenvalue weighted by molar-refractivity contribution is 8.15. The Balaban J connectivity index is 2.40. The molecule has 1 rings (SSSR count). The fraction of sp³-hybridized carbons (Fsp3) is 0.429. The third-order valence-electron chi connectivity index (χ3n) is 2.81. The van der Waals surface area contributed by atoms with Crippen molar-refractivity contribution < 1.29 is 22.7 Å². The highest BCUT2D eigenvalue weighted by Gasteiger charge is 2.20. The van der Waals surface area contributed by atoms with Crippen molar-refractivity contribution in [2.75, 3.05) is 24.4 Å². The largest absolute Gasteiger partial charge is 0.468 e. The highest BCUT2D eigenvalue weighted by atomic mass is 32.2. The minimum absolute atomic E-state index is 0.000286. The summed E-state index contributed by atoms with van der Waals surface area (Å²) in [4.78, 5) is 22.7. The predicted molar refractivity (Wildman–Crippen MR) is 86.3 cm³/mol. The number of hydrogen-bond donors (Lipinski definition) is 1. The lowest BCUT2D eigenvalue weighted by molar-refractivity contribution is -0.141. The Morgan fingerprint density at radius 2 is 1.91 bits per heavy atom. The van der Waals surface area contributed by atoms with Crippen molar-refractivity contribution in [2.24, 2.45) is 5.73 Å². The van der Waals surface area contributed by atoms with Gasteiger partial charge in [0.15, 0.2) is 9.84 Å². The standard InChI is InChI=1S/C14H19NO5S2/c1-20-14(17)12(15)9-21-13(16)10-22(18,19)8-7-11-5-3-2-4-6-11/h2-6,12H,7-10,15H2,1H3/t12-/m0/s1. The molecule has 0 aliphatic heterocycles. The molecule has 6 nitrogen and oxygen atoms in total. The van der Waals surface area contributed by atoms with E-state index in [9.17, 15) is 18.0 Å². The van der Waals surface area contributed by atoms with Crippen molar-refractivity contribution in [2.45, 2.75) is 12.5 Å². The van der Waals surface area contributed by atoms with Gasteiger partial charge >= 0.3 is 5.97 Å². The maximum atomic E-state index is 11.9. The monoisotopic (exact) mass is 345 g/mol. The number of nitrogens with two attached hydrogens (primary N) is 1. The number of carbonyl (C=O) groups is 2. The fourth-order valence-electron chi connectivity index (χ4n) is 1.61. The van der Waals surface area contributed by atoms with Gasteiger partial charge < -0.3 is 10.5 Å². The third kappa shape index (κ3) is 7.06. The van der Waals surface area contributed by atoms with Crippen molar-refractivity contribution in [3.63, 3.8) is 0 Å². The third-order valence-corrected chi connectivity index (χ3v) is 5.51. The molecule has 1 aromatic carbocycles. The van der Waals surface area contributed by atoms with Gasteiger partial charge in [-0.2, -0.15) is 0 Å². The van der Waals surface area contributed by atoms with Crippen molar-refractivity contribution in [3.8, 4) is 0 Å². The molecule has 0 spiro atoms. The normalized spacial score (nSPS) is 12.6. The summed E-state index contributed by atoms with van der Waals surface area (Å²) in [7, 11) is -2.28. The molecule has 122 valence electrons. The van der Waals surface area contributed by atoms with Gasteiger partial charge in [0, 0.05) is 5.75 Å². The van der Waals surface area contributed by atoms with E-state index in [1.807, 2.05) is 30.3 Å². The van der Waals surface area contributed by atoms with Crippen LogP contribution >= 0.6 is 11.8 Å². The average molecular weight is 345 g/mol. The number of sulfone groups is 1. The average Bonchev–Trinajstić information content (AvgIpc) is 2.50. The molecule has 1 atom stereocenters. The summed E-state index contributed by atoms with van der Waals surface area (Å²) in [5, 5.41) is -0.521. The Bertz CT molecular complexity index is 601. The molecule has 8 heteroatoms. The van der Waals surface area contributed by atoms with Gasteiger partial charge in [0.2, 0.25) is 5.12 Å². The molecule has 0 bridgehead atoms. The lowest BCUT2D eigenvalue weighted by atomic mass is 10.2. The molecule has 0 saturated heterocycles. The van der Waals surface area contributed by atoms with Gasteiger partial charge in [0.25, 0.3) is 0 Å². The Hall–Kier alpha value is -1.38. The lowest BCUT2D eigenvalue weighted by Gasteiger charge is -2.08. The molecule has 0 fully saturated rings. The van der Waals surface area contributed by atoms with Crippen LogP contribution in [0.5, 0.6) is 0 Å². The molecular formula is C14H19NO5S2. The second-order valence-electron chi connectivity index (χ2n) is 4.64. The summed E-state index contributed by atoms with van der Waals surface area (Å²) < 4.78 is 28.2. The summed E-state index contributed by atoms with van der Waals surface area (Å²) in [6.45, 7) is 0. The van der Waals surface area contributed by atoms with Crippen LogP contribution in [0.4, 0.5) is 0 Å². The summed E-state index contributed by atoms with van der Waals surface area (Å²) >= 11 is 0.733. The smallest absolute Gasteiger partial charge is 0.323 e. The molecule has 22 heavy (non-hydrogen) atoms. The van der Waals surface area contributed by atoms with E-state index in [2.05, 4.69) is 4.74 Å². The Kier molecular flexibility index (Phi) is 7.57. The molecule has 1 aromatic rings. The first-order chi connectivity index (χ1) is 10.3. The molecule has 2 N–H and O–H groups in total. The Labute approximate surface area is 134 Å². The van der Waals surface area contributed by atoms with Crippen molar-refractivity contribution in [3.05, 3.63) is 35.9 Å². The number of benzene rings is 1. The van der Waals surface area contributed by atoms with E-state index in [4.69, 9.17) is 5.73 Å². The minimum atomic E-state index is -3.48. The van der Waals surface area contributed by atoms with Gasteiger partial charge in [0.1, 0.15) is 11.8 Å². The number of thioether (sulfide) groups is 1. The van der Waals surface area contributed by atoms with Crippen LogP contribution in [0.3, 0.4) is 0 Å². The number of esters is 1. The maximum Gasteiger partial charge on any atom is 0.323 e. The molecule has 0 radical (unpaired) electrons. The van der Waals surface area contributed by atoms with Crippen molar-refractivity contribution in [1.82, 2.24) is 0 Å². The number of carbonyl (C=O) groups excluding carboxylic acids is 2. The van der Waals surface area contributed by atoms with Crippen LogP contribution in [-0.4, -0.2) is 49.9 Å². The molecule has 0 saturated carbocycles. The second-order valence-corrected chi connectivity index (χ2v) is 7.90. The fourth-order valence-corrected chi connectivity index (χ4v) is 4.04. The van der Waals surface area contributed by atoms with Crippen molar-refractivity contribution in [1.29, 1.82) is 0 Å². The molecular weight excluding hydrogens is 326 g/mol. The number of rotatable bonds is 8.